The number of imidazole rings is 1. The van der Waals surface area contributed by atoms with Gasteiger partial charge >= 0.3 is 0 Å². The Morgan fingerprint density at radius 1 is 1.17 bits per heavy atom. The largest absolute Gasteiger partial charge is 0.389 e. The third kappa shape index (κ3) is 3.86. The van der Waals surface area contributed by atoms with Gasteiger partial charge < -0.3 is 10.3 Å². The van der Waals surface area contributed by atoms with Crippen LogP contribution in [0.15, 0.2) is 65.4 Å². The number of aromatic nitrogens is 2. The lowest BCUT2D eigenvalue weighted by Gasteiger charge is -2.12. The third-order valence-corrected chi connectivity index (χ3v) is 4.39. The van der Waals surface area contributed by atoms with Gasteiger partial charge in [0.15, 0.2) is 0 Å². The van der Waals surface area contributed by atoms with Gasteiger partial charge in [0.25, 0.3) is 0 Å². The molecule has 0 fully saturated rings. The summed E-state index contributed by atoms with van der Waals surface area (Å²) < 4.78 is 3.21. The first kappa shape index (κ1) is 15.9. The maximum Gasteiger partial charge on any atom is 0.113 e. The highest BCUT2D eigenvalue weighted by Crippen LogP contribution is 2.16. The van der Waals surface area contributed by atoms with E-state index in [1.165, 1.54) is 5.56 Å². The zero-order valence-corrected chi connectivity index (χ0v) is 14.8. The molecule has 116 valence electrons. The van der Waals surface area contributed by atoms with Crippen LogP contribution in [0.25, 0.3) is 0 Å². The molecule has 1 aromatic heterocycles. The van der Waals surface area contributed by atoms with Gasteiger partial charge in [0, 0.05) is 35.4 Å². The molecule has 2 aromatic carbocycles. The molecule has 3 aromatic rings. The minimum absolute atomic E-state index is 0.425. The van der Waals surface area contributed by atoms with Gasteiger partial charge in [0.2, 0.25) is 0 Å². The third-order valence-electron chi connectivity index (χ3n) is 3.68. The van der Waals surface area contributed by atoms with Crippen LogP contribution in [0.5, 0.6) is 0 Å². The molecule has 1 heterocycles. The molecular weight excluding hydrogens is 370 g/mol. The standard InChI is InChI=1S/C18H16BrN3S/c19-15-6-3-4-13(10-15)11-17-21-8-9-22(17)12-14-5-1-2-7-16(14)18(20)23/h1-10H,11-12H2,(H2,20,23). The molecule has 0 amide bonds. The summed E-state index contributed by atoms with van der Waals surface area (Å²) in [5.41, 5.74) is 9.07. The van der Waals surface area contributed by atoms with Gasteiger partial charge in [-0.3, -0.25) is 0 Å². The Kier molecular flexibility index (Phi) is 4.88. The highest BCUT2D eigenvalue weighted by atomic mass is 79.9. The van der Waals surface area contributed by atoms with E-state index < -0.39 is 0 Å². The molecule has 5 heteroatoms. The predicted octanol–water partition coefficient (Wildman–Crippen LogP) is 3.92. The highest BCUT2D eigenvalue weighted by Gasteiger charge is 2.09. The van der Waals surface area contributed by atoms with E-state index in [0.717, 1.165) is 27.8 Å². The molecule has 0 radical (unpaired) electrons. The summed E-state index contributed by atoms with van der Waals surface area (Å²) >= 11 is 8.65. The number of rotatable bonds is 5. The normalized spacial score (nSPS) is 10.7. The molecule has 3 nitrogen and oxygen atoms in total. The monoisotopic (exact) mass is 385 g/mol. The van der Waals surface area contributed by atoms with Crippen LogP contribution in [0.4, 0.5) is 0 Å². The summed E-state index contributed by atoms with van der Waals surface area (Å²) in [6.07, 6.45) is 4.60. The van der Waals surface area contributed by atoms with Crippen molar-refractivity contribution in [1.29, 1.82) is 0 Å². The van der Waals surface area contributed by atoms with Crippen LogP contribution in [0.3, 0.4) is 0 Å². The van der Waals surface area contributed by atoms with Gasteiger partial charge in [-0.1, -0.05) is 64.5 Å². The molecule has 0 spiro atoms. The van der Waals surface area contributed by atoms with Crippen LogP contribution in [0.1, 0.15) is 22.5 Å². The minimum Gasteiger partial charge on any atom is -0.389 e. The fourth-order valence-electron chi connectivity index (χ4n) is 2.56. The predicted molar refractivity (Wildman–Crippen MR) is 101 cm³/mol. The number of hydrogen-bond acceptors (Lipinski definition) is 2. The van der Waals surface area contributed by atoms with E-state index >= 15 is 0 Å². The summed E-state index contributed by atoms with van der Waals surface area (Å²) in [4.78, 5) is 4.92. The highest BCUT2D eigenvalue weighted by molar-refractivity contribution is 9.10. The van der Waals surface area contributed by atoms with E-state index in [0.29, 0.717) is 11.5 Å². The van der Waals surface area contributed by atoms with Crippen molar-refractivity contribution in [2.24, 2.45) is 5.73 Å². The lowest BCUT2D eigenvalue weighted by Crippen LogP contribution is -2.14. The maximum atomic E-state index is 5.82. The van der Waals surface area contributed by atoms with Crippen molar-refractivity contribution in [3.05, 3.63) is 87.9 Å². The molecule has 0 bridgehead atoms. The second-order valence-corrected chi connectivity index (χ2v) is 6.65. The number of nitrogens with two attached hydrogens (primary N) is 1. The first-order valence-electron chi connectivity index (χ1n) is 7.25. The van der Waals surface area contributed by atoms with Crippen molar-refractivity contribution in [3.63, 3.8) is 0 Å². The van der Waals surface area contributed by atoms with Crippen LogP contribution >= 0.6 is 28.1 Å². The number of halogens is 1. The Morgan fingerprint density at radius 2 is 2.00 bits per heavy atom. The molecule has 3 rings (SSSR count). The minimum atomic E-state index is 0.425. The molecule has 0 aliphatic carbocycles. The molecule has 0 saturated carbocycles. The van der Waals surface area contributed by atoms with E-state index in [1.54, 1.807) is 0 Å². The van der Waals surface area contributed by atoms with Crippen molar-refractivity contribution in [1.82, 2.24) is 9.55 Å². The topological polar surface area (TPSA) is 43.8 Å². The molecule has 0 aliphatic heterocycles. The van der Waals surface area contributed by atoms with Crippen molar-refractivity contribution >= 4 is 33.1 Å². The van der Waals surface area contributed by atoms with E-state index in [2.05, 4.69) is 43.7 Å². The molecule has 0 aliphatic rings. The number of thiocarbonyl (C=S) groups is 1. The lowest BCUT2D eigenvalue weighted by atomic mass is 10.1. The fourth-order valence-corrected chi connectivity index (χ4v) is 3.21. The van der Waals surface area contributed by atoms with Gasteiger partial charge in [-0.25, -0.2) is 4.98 Å². The molecule has 0 unspecified atom stereocenters. The lowest BCUT2D eigenvalue weighted by molar-refractivity contribution is 0.739. The summed E-state index contributed by atoms with van der Waals surface area (Å²) in [6.45, 7) is 0.705. The first-order chi connectivity index (χ1) is 11.1. The second-order valence-electron chi connectivity index (χ2n) is 5.30. The Balaban J connectivity index is 1.86. The van der Waals surface area contributed by atoms with Gasteiger partial charge in [-0.2, -0.15) is 0 Å². The Labute approximate surface area is 149 Å². The summed E-state index contributed by atoms with van der Waals surface area (Å²) in [5, 5.41) is 0. The summed E-state index contributed by atoms with van der Waals surface area (Å²) in [7, 11) is 0. The van der Waals surface area contributed by atoms with Crippen molar-refractivity contribution in [2.75, 3.05) is 0 Å². The summed E-state index contributed by atoms with van der Waals surface area (Å²) in [6, 6.07) is 16.2. The SMILES string of the molecule is NC(=S)c1ccccc1Cn1ccnc1Cc1cccc(Br)c1. The average Bonchev–Trinajstić information content (AvgIpc) is 2.94. The van der Waals surface area contributed by atoms with Gasteiger partial charge in [-0.15, -0.1) is 0 Å². The number of benzene rings is 2. The van der Waals surface area contributed by atoms with E-state index in [9.17, 15) is 0 Å². The smallest absolute Gasteiger partial charge is 0.113 e. The molecule has 23 heavy (non-hydrogen) atoms. The Hall–Kier alpha value is -1.98. The van der Waals surface area contributed by atoms with Crippen LogP contribution in [-0.4, -0.2) is 14.5 Å². The Morgan fingerprint density at radius 3 is 2.78 bits per heavy atom. The zero-order valence-electron chi connectivity index (χ0n) is 12.4. The molecule has 0 atom stereocenters. The average molecular weight is 386 g/mol. The van der Waals surface area contributed by atoms with E-state index in [-0.39, 0.29) is 0 Å². The fraction of sp³-hybridized carbons (Fsp3) is 0.111. The Bertz CT molecular complexity index is 842. The first-order valence-corrected chi connectivity index (χ1v) is 8.46. The number of nitrogens with zero attached hydrogens (tertiary/aromatic N) is 2. The van der Waals surface area contributed by atoms with Gasteiger partial charge in [0.1, 0.15) is 10.8 Å². The van der Waals surface area contributed by atoms with Crippen molar-refractivity contribution in [2.45, 2.75) is 13.0 Å². The molecule has 0 saturated heterocycles. The van der Waals surface area contributed by atoms with Crippen molar-refractivity contribution in [3.8, 4) is 0 Å². The molecule has 2 N–H and O–H groups in total. The second kappa shape index (κ2) is 7.06. The van der Waals surface area contributed by atoms with Crippen molar-refractivity contribution < 1.29 is 0 Å². The van der Waals surface area contributed by atoms with Crippen LogP contribution < -0.4 is 5.73 Å². The van der Waals surface area contributed by atoms with E-state index in [1.807, 2.05) is 42.7 Å². The van der Waals surface area contributed by atoms with Crippen LogP contribution in [-0.2, 0) is 13.0 Å². The van der Waals surface area contributed by atoms with Gasteiger partial charge in [-0.05, 0) is 23.3 Å². The van der Waals surface area contributed by atoms with Gasteiger partial charge in [0.05, 0.1) is 0 Å². The van der Waals surface area contributed by atoms with Crippen LogP contribution in [0.2, 0.25) is 0 Å². The number of hydrogen-bond donors (Lipinski definition) is 1. The maximum absolute atomic E-state index is 5.82. The molecular formula is C18H16BrN3S. The zero-order chi connectivity index (χ0) is 16.2. The van der Waals surface area contributed by atoms with Crippen LogP contribution in [0, 0.1) is 0 Å². The summed E-state index contributed by atoms with van der Waals surface area (Å²) in [5.74, 6) is 1.01. The van der Waals surface area contributed by atoms with E-state index in [4.69, 9.17) is 18.0 Å². The quantitative estimate of drug-likeness (QED) is 0.676.